The van der Waals surface area contributed by atoms with Crippen LogP contribution in [0.1, 0.15) is 57.5 Å². The van der Waals surface area contributed by atoms with E-state index in [4.69, 9.17) is 0 Å². The second kappa shape index (κ2) is 8.98. The zero-order chi connectivity index (χ0) is 22.9. The maximum Gasteiger partial charge on any atom is 0.433 e. The van der Waals surface area contributed by atoms with Gasteiger partial charge >= 0.3 is 6.18 Å². The van der Waals surface area contributed by atoms with Crippen LogP contribution in [0.2, 0.25) is 0 Å². The van der Waals surface area contributed by atoms with Crippen LogP contribution in [0.4, 0.5) is 22.0 Å². The van der Waals surface area contributed by atoms with Gasteiger partial charge in [-0.1, -0.05) is 44.2 Å². The lowest BCUT2D eigenvalue weighted by atomic mass is 9.97. The first-order valence-corrected chi connectivity index (χ1v) is 9.91. The van der Waals surface area contributed by atoms with Crippen molar-refractivity contribution < 1.29 is 27.1 Å². The molecule has 1 aliphatic heterocycles. The molecule has 0 bridgehead atoms. The molecule has 3 rings (SSSR count). The van der Waals surface area contributed by atoms with Crippen molar-refractivity contribution in [3.63, 3.8) is 0 Å². The maximum absolute atomic E-state index is 14.0. The van der Waals surface area contributed by atoms with Crippen molar-refractivity contribution in [1.29, 1.82) is 0 Å². The summed E-state index contributed by atoms with van der Waals surface area (Å²) in [7, 11) is 0. The number of hydrogen-bond acceptors (Lipinski definition) is 3. The molecule has 2 heterocycles. The molecule has 2 aromatic rings. The molecule has 1 aromatic carbocycles. The normalized spacial score (nSPS) is 20.9. The van der Waals surface area contributed by atoms with E-state index in [0.717, 1.165) is 12.1 Å². The Balaban J connectivity index is 0.00000155. The second-order valence-electron chi connectivity index (χ2n) is 7.26. The van der Waals surface area contributed by atoms with Crippen LogP contribution in [0.15, 0.2) is 36.4 Å². The monoisotopic (exact) mass is 430 g/mol. The number of aliphatic hydroxyl groups is 1. The number of fused-ring (bicyclic) bond motifs is 1. The van der Waals surface area contributed by atoms with Crippen molar-refractivity contribution in [2.45, 2.75) is 64.9 Å². The lowest BCUT2D eigenvalue weighted by molar-refractivity contribution is -0.141. The summed E-state index contributed by atoms with van der Waals surface area (Å²) < 4.78 is 68.0. The van der Waals surface area contributed by atoms with Gasteiger partial charge in [0.1, 0.15) is 5.69 Å². The quantitative estimate of drug-likeness (QED) is 0.472. The van der Waals surface area contributed by atoms with E-state index in [-0.39, 0.29) is 29.6 Å². The van der Waals surface area contributed by atoms with E-state index in [1.807, 2.05) is 44.7 Å². The molecular weight excluding hydrogens is 403 g/mol. The highest BCUT2D eigenvalue weighted by Gasteiger charge is 2.36. The fraction of sp³-hybridized carbons (Fsp3) is 0.500. The van der Waals surface area contributed by atoms with Crippen LogP contribution in [0.25, 0.3) is 10.9 Å². The topological polar surface area (TPSA) is 36.4 Å². The number of aliphatic hydroxyl groups excluding tert-OH is 1. The minimum Gasteiger partial charge on any atom is -0.387 e. The molecule has 0 saturated heterocycles. The predicted octanol–water partition coefficient (Wildman–Crippen LogP) is 6.07. The molecule has 0 spiro atoms. The number of alkyl halides is 5. The van der Waals surface area contributed by atoms with Gasteiger partial charge in [-0.3, -0.25) is 4.90 Å². The fourth-order valence-corrected chi connectivity index (χ4v) is 3.59. The molecule has 30 heavy (non-hydrogen) atoms. The van der Waals surface area contributed by atoms with E-state index in [0.29, 0.717) is 6.92 Å². The van der Waals surface area contributed by atoms with E-state index >= 15 is 0 Å². The van der Waals surface area contributed by atoms with Crippen molar-refractivity contribution in [1.82, 2.24) is 9.88 Å². The van der Waals surface area contributed by atoms with E-state index in [1.54, 1.807) is 0 Å². The molecule has 1 aromatic heterocycles. The molecule has 3 atom stereocenters. The summed E-state index contributed by atoms with van der Waals surface area (Å²) in [4.78, 5) is 5.39. The van der Waals surface area contributed by atoms with Gasteiger partial charge in [-0.25, -0.2) is 13.8 Å². The van der Waals surface area contributed by atoms with Gasteiger partial charge in [-0.05, 0) is 25.5 Å². The zero-order valence-electron chi connectivity index (χ0n) is 17.6. The third-order valence-corrected chi connectivity index (χ3v) is 5.09. The van der Waals surface area contributed by atoms with Crippen molar-refractivity contribution in [3.05, 3.63) is 53.2 Å². The van der Waals surface area contributed by atoms with Crippen LogP contribution in [0.3, 0.4) is 0 Å². The third kappa shape index (κ3) is 4.98. The maximum atomic E-state index is 14.0. The molecule has 0 radical (unpaired) electrons. The minimum absolute atomic E-state index is 0.00961. The van der Waals surface area contributed by atoms with Gasteiger partial charge in [0.05, 0.1) is 11.6 Å². The number of rotatable bonds is 4. The number of pyridine rings is 1. The van der Waals surface area contributed by atoms with Gasteiger partial charge in [-0.15, -0.1) is 0 Å². The van der Waals surface area contributed by atoms with Gasteiger partial charge < -0.3 is 5.11 Å². The lowest BCUT2D eigenvalue weighted by Crippen LogP contribution is -2.37. The molecule has 0 amide bonds. The second-order valence-corrected chi connectivity index (χ2v) is 7.26. The molecule has 0 aliphatic carbocycles. The van der Waals surface area contributed by atoms with Crippen molar-refractivity contribution in [3.8, 4) is 0 Å². The van der Waals surface area contributed by atoms with Crippen LogP contribution in [-0.2, 0) is 12.1 Å². The third-order valence-electron chi connectivity index (χ3n) is 5.09. The SMILES string of the molecule is CC.CC1C=CC(C)N1CC(O)c1cc(C(F)(F)F)nc2c(C(C)(F)F)cccc12. The Morgan fingerprint density at radius 2 is 1.63 bits per heavy atom. The molecule has 166 valence electrons. The van der Waals surface area contributed by atoms with Crippen molar-refractivity contribution >= 4 is 10.9 Å². The Hall–Kier alpha value is -2.06. The molecule has 3 unspecified atom stereocenters. The average molecular weight is 430 g/mol. The van der Waals surface area contributed by atoms with Crippen LogP contribution >= 0.6 is 0 Å². The molecule has 0 saturated carbocycles. The summed E-state index contributed by atoms with van der Waals surface area (Å²) in [6.07, 6.45) is -2.23. The number of para-hydroxylation sites is 1. The van der Waals surface area contributed by atoms with Crippen molar-refractivity contribution in [2.75, 3.05) is 6.54 Å². The first kappa shape index (κ1) is 24.2. The average Bonchev–Trinajstić information content (AvgIpc) is 2.98. The molecule has 3 nitrogen and oxygen atoms in total. The van der Waals surface area contributed by atoms with E-state index in [2.05, 4.69) is 4.98 Å². The summed E-state index contributed by atoms with van der Waals surface area (Å²) >= 11 is 0. The summed E-state index contributed by atoms with van der Waals surface area (Å²) in [6, 6.07) is 4.57. The molecule has 0 fully saturated rings. The Morgan fingerprint density at radius 1 is 1.07 bits per heavy atom. The smallest absolute Gasteiger partial charge is 0.387 e. The van der Waals surface area contributed by atoms with Crippen LogP contribution in [0, 0.1) is 0 Å². The number of halogens is 5. The van der Waals surface area contributed by atoms with Gasteiger partial charge in [0.25, 0.3) is 5.92 Å². The zero-order valence-corrected chi connectivity index (χ0v) is 17.6. The predicted molar refractivity (Wildman–Crippen MR) is 107 cm³/mol. The Kier molecular flexibility index (Phi) is 7.24. The molecule has 8 heteroatoms. The highest BCUT2D eigenvalue weighted by molar-refractivity contribution is 5.86. The van der Waals surface area contributed by atoms with Gasteiger partial charge in [0.2, 0.25) is 0 Å². The lowest BCUT2D eigenvalue weighted by Gasteiger charge is -2.29. The van der Waals surface area contributed by atoms with E-state index in [9.17, 15) is 27.1 Å². The van der Waals surface area contributed by atoms with Crippen LogP contribution < -0.4 is 0 Å². The van der Waals surface area contributed by atoms with Gasteiger partial charge in [0.15, 0.2) is 0 Å². The molecule has 1 aliphatic rings. The summed E-state index contributed by atoms with van der Waals surface area (Å²) in [6.45, 7) is 8.50. The first-order chi connectivity index (χ1) is 13.9. The van der Waals surface area contributed by atoms with Gasteiger partial charge in [0, 0.05) is 36.5 Å². The van der Waals surface area contributed by atoms with Crippen LogP contribution in [0.5, 0.6) is 0 Å². The largest absolute Gasteiger partial charge is 0.433 e. The number of benzene rings is 1. The number of nitrogens with zero attached hydrogens (tertiary/aromatic N) is 2. The fourth-order valence-electron chi connectivity index (χ4n) is 3.59. The standard InChI is InChI=1S/C20H21F5N2O.C2H6/c1-11-7-8-12(2)27(11)10-16(28)14-9-17(20(23,24)25)26-18-13(14)5-4-6-15(18)19(3,21)22;1-2/h4-9,11-12,16,28H,10H2,1-3H3;1-2H3. The van der Waals surface area contributed by atoms with Gasteiger partial charge in [-0.2, -0.15) is 13.2 Å². The Bertz CT molecular complexity index is 893. The Morgan fingerprint density at radius 3 is 2.13 bits per heavy atom. The van der Waals surface area contributed by atoms with E-state index in [1.165, 1.54) is 12.1 Å². The molecular formula is C22H27F5N2O. The summed E-state index contributed by atoms with van der Waals surface area (Å²) in [5.41, 5.74) is -2.41. The van der Waals surface area contributed by atoms with E-state index < -0.39 is 35.0 Å². The highest BCUT2D eigenvalue weighted by atomic mass is 19.4. The first-order valence-electron chi connectivity index (χ1n) is 9.91. The number of aromatic nitrogens is 1. The van der Waals surface area contributed by atoms with Crippen LogP contribution in [-0.4, -0.2) is 33.6 Å². The van der Waals surface area contributed by atoms with Crippen molar-refractivity contribution in [2.24, 2.45) is 0 Å². The number of β-amino-alcohol motifs (C(OH)–C–C–N with tert-alkyl or cyclic N) is 1. The summed E-state index contributed by atoms with van der Waals surface area (Å²) in [5, 5.41) is 10.8. The minimum atomic E-state index is -4.82. The highest BCUT2D eigenvalue weighted by Crippen LogP contribution is 2.38. The summed E-state index contributed by atoms with van der Waals surface area (Å²) in [5.74, 6) is -3.37. The number of hydrogen-bond donors (Lipinski definition) is 1. The Labute approximate surface area is 173 Å². The molecule has 1 N–H and O–H groups in total.